The number of rotatable bonds is 1. The molecule has 0 atom stereocenters. The van der Waals surface area contributed by atoms with Crippen molar-refractivity contribution in [2.75, 3.05) is 0 Å². The Balaban J connectivity index is 3.34. The summed E-state index contributed by atoms with van der Waals surface area (Å²) >= 11 is -0.218. The van der Waals surface area contributed by atoms with Crippen LogP contribution < -0.4 is 0 Å². The minimum absolute atomic E-state index is 0.218. The number of hydrogen-bond donors (Lipinski definition) is 0. The van der Waals surface area contributed by atoms with Crippen LogP contribution in [0.15, 0.2) is 10.7 Å². The standard InChI is InChI=1S/C4H9.C2H3.Sn/c1-4(2)3;1-2;/h1-3H3;1H,2H2;. The first-order valence-electron chi connectivity index (χ1n) is 2.45. The van der Waals surface area contributed by atoms with Crippen molar-refractivity contribution in [3.8, 4) is 0 Å². The van der Waals surface area contributed by atoms with Gasteiger partial charge in [-0.2, -0.15) is 0 Å². The van der Waals surface area contributed by atoms with E-state index in [1.54, 1.807) is 0 Å². The van der Waals surface area contributed by atoms with Gasteiger partial charge in [0.15, 0.2) is 0 Å². The van der Waals surface area contributed by atoms with Gasteiger partial charge in [-0.1, -0.05) is 0 Å². The van der Waals surface area contributed by atoms with Crippen molar-refractivity contribution in [2.24, 2.45) is 0 Å². The zero-order valence-electron chi connectivity index (χ0n) is 5.28. The van der Waals surface area contributed by atoms with Crippen molar-refractivity contribution in [1.29, 1.82) is 0 Å². The first-order chi connectivity index (χ1) is 3.06. The van der Waals surface area contributed by atoms with Crippen LogP contribution in [-0.4, -0.2) is 21.1 Å². The summed E-state index contributed by atoms with van der Waals surface area (Å²) in [5.41, 5.74) is 0. The summed E-state index contributed by atoms with van der Waals surface area (Å²) in [4.78, 5) is 0. The van der Waals surface area contributed by atoms with Crippen LogP contribution in [0.25, 0.3) is 0 Å². The van der Waals surface area contributed by atoms with Gasteiger partial charge in [0.05, 0.1) is 0 Å². The third kappa shape index (κ3) is 6.54. The van der Waals surface area contributed by atoms with Crippen molar-refractivity contribution in [3.63, 3.8) is 0 Å². The van der Waals surface area contributed by atoms with Gasteiger partial charge in [-0.25, -0.2) is 0 Å². The minimum atomic E-state index is -0.218. The maximum absolute atomic E-state index is 3.72. The molecular formula is C6H12Sn. The second kappa shape index (κ2) is 2.75. The summed E-state index contributed by atoms with van der Waals surface area (Å²) in [6, 6.07) is 0. The van der Waals surface area contributed by atoms with Crippen molar-refractivity contribution in [1.82, 2.24) is 0 Å². The average molecular weight is 203 g/mol. The second-order valence-corrected chi connectivity index (χ2v) is 8.87. The summed E-state index contributed by atoms with van der Waals surface area (Å²) in [5.74, 6) is 0. The van der Waals surface area contributed by atoms with Gasteiger partial charge in [0.2, 0.25) is 0 Å². The number of hydrogen-bond acceptors (Lipinski definition) is 0. The van der Waals surface area contributed by atoms with Crippen molar-refractivity contribution in [3.05, 3.63) is 10.7 Å². The van der Waals surface area contributed by atoms with Gasteiger partial charge >= 0.3 is 56.0 Å². The topological polar surface area (TPSA) is 0 Å². The van der Waals surface area contributed by atoms with Crippen LogP contribution in [0.1, 0.15) is 20.8 Å². The van der Waals surface area contributed by atoms with Gasteiger partial charge in [0.25, 0.3) is 0 Å². The summed E-state index contributed by atoms with van der Waals surface area (Å²) < 4.78 is 2.73. The predicted octanol–water partition coefficient (Wildman–Crippen LogP) is 2.05. The van der Waals surface area contributed by atoms with Crippen LogP contribution in [0.4, 0.5) is 0 Å². The Hall–Kier alpha value is 0.539. The fraction of sp³-hybridized carbons (Fsp3) is 0.667. The van der Waals surface area contributed by atoms with Crippen LogP contribution in [0.3, 0.4) is 0 Å². The van der Waals surface area contributed by atoms with Crippen LogP contribution in [0.5, 0.6) is 0 Å². The molecule has 0 aromatic rings. The van der Waals surface area contributed by atoms with Crippen molar-refractivity contribution in [2.45, 2.75) is 24.2 Å². The van der Waals surface area contributed by atoms with Crippen LogP contribution in [0, 0.1) is 0 Å². The molecule has 0 rings (SSSR count). The fourth-order valence-electron chi connectivity index (χ4n) is 0.306. The summed E-state index contributed by atoms with van der Waals surface area (Å²) in [5, 5.41) is 0. The molecule has 40 valence electrons. The van der Waals surface area contributed by atoms with E-state index in [9.17, 15) is 0 Å². The third-order valence-corrected chi connectivity index (χ3v) is 3.59. The Morgan fingerprint density at radius 3 is 1.86 bits per heavy atom. The SMILES string of the molecule is C=[CH][Sn][C](C)(C)C. The molecule has 0 spiro atoms. The molecule has 2 radical (unpaired) electrons. The van der Waals surface area contributed by atoms with E-state index in [2.05, 4.69) is 31.4 Å². The van der Waals surface area contributed by atoms with E-state index in [1.165, 1.54) is 0 Å². The maximum atomic E-state index is 3.72. The molecule has 0 saturated carbocycles. The summed E-state index contributed by atoms with van der Waals surface area (Å²) in [7, 11) is 0. The molecule has 0 aliphatic carbocycles. The molecule has 0 heterocycles. The third-order valence-electron chi connectivity index (χ3n) is 0.535. The molecule has 0 aliphatic heterocycles. The van der Waals surface area contributed by atoms with Crippen LogP contribution in [0.2, 0.25) is 3.43 Å². The zero-order chi connectivity index (χ0) is 5.91. The molecule has 0 bridgehead atoms. The van der Waals surface area contributed by atoms with Gasteiger partial charge in [-0.3, -0.25) is 0 Å². The molecule has 7 heavy (non-hydrogen) atoms. The fourth-order valence-corrected chi connectivity index (χ4v) is 2.05. The Bertz CT molecular complexity index is 59.1. The van der Waals surface area contributed by atoms with E-state index >= 15 is 0 Å². The summed E-state index contributed by atoms with van der Waals surface area (Å²) in [6.07, 6.45) is 0. The van der Waals surface area contributed by atoms with Crippen molar-refractivity contribution >= 4 is 21.1 Å². The molecular weight excluding hydrogens is 191 g/mol. The first kappa shape index (κ1) is 7.54. The van der Waals surface area contributed by atoms with Gasteiger partial charge in [0.1, 0.15) is 0 Å². The van der Waals surface area contributed by atoms with Gasteiger partial charge in [0, 0.05) is 0 Å². The second-order valence-electron chi connectivity index (χ2n) is 2.60. The Kier molecular flexibility index (Phi) is 2.96. The molecule has 0 saturated heterocycles. The van der Waals surface area contributed by atoms with E-state index in [0.29, 0.717) is 3.43 Å². The van der Waals surface area contributed by atoms with Crippen LogP contribution >= 0.6 is 0 Å². The molecule has 0 nitrogen and oxygen atoms in total. The molecule has 0 N–H and O–H groups in total. The Labute approximate surface area is 56.2 Å². The van der Waals surface area contributed by atoms with Gasteiger partial charge in [-0.05, 0) is 0 Å². The monoisotopic (exact) mass is 204 g/mol. The van der Waals surface area contributed by atoms with E-state index < -0.39 is 0 Å². The summed E-state index contributed by atoms with van der Waals surface area (Å²) in [6.45, 7) is 10.6. The average Bonchev–Trinajstić information content (AvgIpc) is 1.30. The normalized spacial score (nSPS) is 11.3. The van der Waals surface area contributed by atoms with Gasteiger partial charge < -0.3 is 0 Å². The predicted molar refractivity (Wildman–Crippen MR) is 35.7 cm³/mol. The van der Waals surface area contributed by atoms with Gasteiger partial charge in [-0.15, -0.1) is 0 Å². The molecule has 0 aromatic heterocycles. The quantitative estimate of drug-likeness (QED) is 0.572. The van der Waals surface area contributed by atoms with E-state index in [1.807, 2.05) is 0 Å². The molecule has 0 aromatic carbocycles. The molecule has 0 fully saturated rings. The molecule has 0 unspecified atom stereocenters. The van der Waals surface area contributed by atoms with E-state index in [0.717, 1.165) is 0 Å². The Morgan fingerprint density at radius 2 is 1.86 bits per heavy atom. The van der Waals surface area contributed by atoms with Crippen molar-refractivity contribution < 1.29 is 0 Å². The zero-order valence-corrected chi connectivity index (χ0v) is 8.14. The Morgan fingerprint density at radius 1 is 1.43 bits per heavy atom. The van der Waals surface area contributed by atoms with E-state index in [-0.39, 0.29) is 21.1 Å². The molecule has 0 amide bonds. The first-order valence-corrected chi connectivity index (χ1v) is 5.52. The van der Waals surface area contributed by atoms with Crippen LogP contribution in [-0.2, 0) is 0 Å². The molecule has 0 aliphatic rings. The van der Waals surface area contributed by atoms with E-state index in [4.69, 9.17) is 0 Å². The molecule has 1 heteroatoms.